The molecule has 0 amide bonds. The molecule has 0 saturated carbocycles. The summed E-state index contributed by atoms with van der Waals surface area (Å²) in [5.74, 6) is 0.808. The number of aromatic nitrogens is 2. The highest BCUT2D eigenvalue weighted by Crippen LogP contribution is 2.21. The van der Waals surface area contributed by atoms with Crippen LogP contribution in [-0.2, 0) is 6.54 Å². The van der Waals surface area contributed by atoms with Crippen molar-refractivity contribution in [2.75, 3.05) is 13.1 Å². The average Bonchev–Trinajstić information content (AvgIpc) is 2.51. The maximum Gasteiger partial charge on any atom is 0.261 e. The van der Waals surface area contributed by atoms with E-state index in [-0.39, 0.29) is 11.4 Å². The van der Waals surface area contributed by atoms with Gasteiger partial charge in [-0.2, -0.15) is 0 Å². The van der Waals surface area contributed by atoms with Crippen molar-refractivity contribution in [3.8, 4) is 0 Å². The molecule has 1 aromatic carbocycles. The van der Waals surface area contributed by atoms with Crippen LogP contribution in [0.3, 0.4) is 0 Å². The zero-order valence-electron chi connectivity index (χ0n) is 14.1. The lowest BCUT2D eigenvalue weighted by Crippen LogP contribution is -2.40. The molecule has 0 spiro atoms. The number of nitrogens with zero attached hydrogens (tertiary/aromatic N) is 3. The van der Waals surface area contributed by atoms with E-state index in [4.69, 9.17) is 0 Å². The van der Waals surface area contributed by atoms with Gasteiger partial charge in [-0.15, -0.1) is 0 Å². The van der Waals surface area contributed by atoms with Crippen molar-refractivity contribution >= 4 is 10.9 Å². The second kappa shape index (κ2) is 6.40. The molecule has 0 radical (unpaired) electrons. The Hall–Kier alpha value is -1.75. The largest absolute Gasteiger partial charge is 0.301 e. The highest BCUT2D eigenvalue weighted by molar-refractivity contribution is 5.77. The third kappa shape index (κ3) is 3.29. The fraction of sp³-hybridized carbons (Fsp3) is 0.556. The molecule has 124 valence electrons. The topological polar surface area (TPSA) is 38.1 Å². The molecule has 0 bridgehead atoms. The number of aryl methyl sites for hydroxylation is 1. The predicted molar refractivity (Wildman–Crippen MR) is 90.1 cm³/mol. The zero-order chi connectivity index (χ0) is 16.6. The Morgan fingerprint density at radius 3 is 2.65 bits per heavy atom. The number of hydrogen-bond acceptors (Lipinski definition) is 3. The molecule has 5 heteroatoms. The fourth-order valence-corrected chi connectivity index (χ4v) is 3.43. The summed E-state index contributed by atoms with van der Waals surface area (Å²) in [5.41, 5.74) is 0.386. The Bertz CT molecular complexity index is 761. The molecule has 1 saturated heterocycles. The zero-order valence-corrected chi connectivity index (χ0v) is 14.1. The molecule has 0 N–H and O–H groups in total. The lowest BCUT2D eigenvalue weighted by Gasteiger charge is -2.34. The van der Waals surface area contributed by atoms with Crippen LogP contribution in [0, 0.1) is 18.7 Å². The van der Waals surface area contributed by atoms with Gasteiger partial charge in [-0.1, -0.05) is 0 Å². The maximum atomic E-state index is 13.3. The second-order valence-corrected chi connectivity index (χ2v) is 6.81. The summed E-state index contributed by atoms with van der Waals surface area (Å²) < 4.78 is 15.1. The van der Waals surface area contributed by atoms with Crippen molar-refractivity contribution in [1.29, 1.82) is 0 Å². The monoisotopic (exact) mass is 317 g/mol. The molecule has 0 atom stereocenters. The lowest BCUT2D eigenvalue weighted by molar-refractivity contribution is 0.141. The summed E-state index contributed by atoms with van der Waals surface area (Å²) >= 11 is 0. The number of halogens is 1. The van der Waals surface area contributed by atoms with E-state index in [1.54, 1.807) is 4.57 Å². The molecule has 1 aromatic heterocycles. The fourth-order valence-electron chi connectivity index (χ4n) is 3.43. The Balaban J connectivity index is 1.84. The molecule has 1 fully saturated rings. The third-order valence-corrected chi connectivity index (χ3v) is 4.93. The van der Waals surface area contributed by atoms with E-state index in [0.717, 1.165) is 25.9 Å². The van der Waals surface area contributed by atoms with E-state index in [1.165, 1.54) is 18.2 Å². The van der Waals surface area contributed by atoms with Crippen molar-refractivity contribution in [2.24, 2.45) is 5.92 Å². The standard InChI is InChI=1S/C18H24FN3O/c1-12(2)21-8-6-14(7-9-21)11-22-13(3)20-17-10-15(19)4-5-16(17)18(22)23/h4-5,10,12,14H,6-9,11H2,1-3H3. The minimum absolute atomic E-state index is 0.0567. The van der Waals surface area contributed by atoms with Crippen LogP contribution >= 0.6 is 0 Å². The van der Waals surface area contributed by atoms with E-state index in [9.17, 15) is 9.18 Å². The quantitative estimate of drug-likeness (QED) is 0.873. The molecular weight excluding hydrogens is 293 g/mol. The highest BCUT2D eigenvalue weighted by Gasteiger charge is 2.22. The SMILES string of the molecule is Cc1nc2cc(F)ccc2c(=O)n1CC1CCN(C(C)C)CC1. The van der Waals surface area contributed by atoms with Gasteiger partial charge in [0.25, 0.3) is 5.56 Å². The number of fused-ring (bicyclic) bond motifs is 1. The van der Waals surface area contributed by atoms with Crippen molar-refractivity contribution in [3.63, 3.8) is 0 Å². The van der Waals surface area contributed by atoms with Gasteiger partial charge >= 0.3 is 0 Å². The molecule has 4 nitrogen and oxygen atoms in total. The smallest absolute Gasteiger partial charge is 0.261 e. The third-order valence-electron chi connectivity index (χ3n) is 4.93. The number of rotatable bonds is 3. The molecular formula is C18H24FN3O. The molecule has 23 heavy (non-hydrogen) atoms. The summed E-state index contributed by atoms with van der Waals surface area (Å²) in [6.45, 7) is 9.15. The van der Waals surface area contributed by atoms with E-state index in [0.29, 0.717) is 35.2 Å². The summed E-state index contributed by atoms with van der Waals surface area (Å²) in [6.07, 6.45) is 2.21. The lowest BCUT2D eigenvalue weighted by atomic mass is 9.95. The minimum Gasteiger partial charge on any atom is -0.301 e. The normalized spacial score (nSPS) is 17.3. The van der Waals surface area contributed by atoms with Gasteiger partial charge in [0.1, 0.15) is 11.6 Å². The first-order valence-corrected chi connectivity index (χ1v) is 8.36. The molecule has 0 unspecified atom stereocenters. The maximum absolute atomic E-state index is 13.3. The first kappa shape index (κ1) is 16.1. The molecule has 1 aliphatic rings. The molecule has 2 heterocycles. The molecule has 2 aromatic rings. The van der Waals surface area contributed by atoms with Crippen LogP contribution in [0.1, 0.15) is 32.5 Å². The van der Waals surface area contributed by atoms with Gasteiger partial charge in [-0.05, 0) is 64.8 Å². The van der Waals surface area contributed by atoms with Gasteiger partial charge in [0.2, 0.25) is 0 Å². The van der Waals surface area contributed by atoms with Gasteiger partial charge in [0, 0.05) is 18.7 Å². The van der Waals surface area contributed by atoms with Crippen molar-refractivity contribution < 1.29 is 4.39 Å². The van der Waals surface area contributed by atoms with Crippen LogP contribution in [0.4, 0.5) is 4.39 Å². The Kier molecular flexibility index (Phi) is 4.48. The van der Waals surface area contributed by atoms with Gasteiger partial charge in [0.15, 0.2) is 0 Å². The van der Waals surface area contributed by atoms with Gasteiger partial charge in [-0.25, -0.2) is 9.37 Å². The van der Waals surface area contributed by atoms with Crippen LogP contribution in [0.15, 0.2) is 23.0 Å². The summed E-state index contributed by atoms with van der Waals surface area (Å²) in [7, 11) is 0. The van der Waals surface area contributed by atoms with Gasteiger partial charge in [-0.3, -0.25) is 9.36 Å². The van der Waals surface area contributed by atoms with Crippen molar-refractivity contribution in [3.05, 3.63) is 40.2 Å². The van der Waals surface area contributed by atoms with Crippen LogP contribution in [0.2, 0.25) is 0 Å². The first-order valence-electron chi connectivity index (χ1n) is 8.36. The van der Waals surface area contributed by atoms with E-state index in [2.05, 4.69) is 23.7 Å². The number of benzene rings is 1. The Morgan fingerprint density at radius 2 is 2.00 bits per heavy atom. The molecule has 3 rings (SSSR count). The highest BCUT2D eigenvalue weighted by atomic mass is 19.1. The van der Waals surface area contributed by atoms with Crippen LogP contribution in [-0.4, -0.2) is 33.6 Å². The van der Waals surface area contributed by atoms with E-state index >= 15 is 0 Å². The number of piperidine rings is 1. The second-order valence-electron chi connectivity index (χ2n) is 6.81. The summed E-state index contributed by atoms with van der Waals surface area (Å²) in [4.78, 5) is 19.6. The van der Waals surface area contributed by atoms with E-state index < -0.39 is 0 Å². The van der Waals surface area contributed by atoms with Crippen LogP contribution in [0.25, 0.3) is 10.9 Å². The van der Waals surface area contributed by atoms with Crippen molar-refractivity contribution in [2.45, 2.75) is 46.2 Å². The average molecular weight is 317 g/mol. The van der Waals surface area contributed by atoms with Gasteiger partial charge in [0.05, 0.1) is 10.9 Å². The first-order chi connectivity index (χ1) is 11.0. The van der Waals surface area contributed by atoms with Crippen LogP contribution in [0.5, 0.6) is 0 Å². The Labute approximate surface area is 135 Å². The molecule has 0 aliphatic carbocycles. The summed E-state index contributed by atoms with van der Waals surface area (Å²) in [5, 5.41) is 0.497. The Morgan fingerprint density at radius 1 is 1.30 bits per heavy atom. The predicted octanol–water partition coefficient (Wildman–Crippen LogP) is 2.96. The minimum atomic E-state index is -0.359. The van der Waals surface area contributed by atoms with Crippen molar-refractivity contribution in [1.82, 2.24) is 14.5 Å². The number of likely N-dealkylation sites (tertiary alicyclic amines) is 1. The van der Waals surface area contributed by atoms with E-state index in [1.807, 2.05) is 6.92 Å². The number of hydrogen-bond donors (Lipinski definition) is 0. The summed E-state index contributed by atoms with van der Waals surface area (Å²) in [6, 6.07) is 4.77. The van der Waals surface area contributed by atoms with Crippen LogP contribution < -0.4 is 5.56 Å². The van der Waals surface area contributed by atoms with Gasteiger partial charge < -0.3 is 4.90 Å². The molecule has 1 aliphatic heterocycles.